The van der Waals surface area contributed by atoms with E-state index in [0.29, 0.717) is 27.9 Å². The lowest BCUT2D eigenvalue weighted by Crippen LogP contribution is -2.56. The fourth-order valence-corrected chi connectivity index (χ4v) is 5.34. The van der Waals surface area contributed by atoms with Gasteiger partial charge in [0.05, 0.1) is 31.0 Å². The van der Waals surface area contributed by atoms with Crippen LogP contribution in [0.4, 0.5) is 11.4 Å². The van der Waals surface area contributed by atoms with E-state index in [9.17, 15) is 4.79 Å². The first-order valence-electron chi connectivity index (χ1n) is 14.5. The van der Waals surface area contributed by atoms with Crippen LogP contribution < -0.4 is 16.0 Å². The number of anilines is 2. The largest absolute Gasteiger partial charge is 0.398 e. The molecule has 1 amide bonds. The van der Waals surface area contributed by atoms with E-state index in [1.54, 1.807) is 24.3 Å². The Labute approximate surface area is 248 Å². The highest BCUT2D eigenvalue weighted by atomic mass is 35.5. The highest BCUT2D eigenvalue weighted by Gasteiger charge is 2.29. The van der Waals surface area contributed by atoms with Crippen LogP contribution in [0.15, 0.2) is 66.7 Å². The predicted molar refractivity (Wildman–Crippen MR) is 167 cm³/mol. The second kappa shape index (κ2) is 13.1. The summed E-state index contributed by atoms with van der Waals surface area (Å²) < 4.78 is 5.33. The summed E-state index contributed by atoms with van der Waals surface area (Å²) in [6.45, 7) is 9.89. The van der Waals surface area contributed by atoms with Gasteiger partial charge < -0.3 is 20.7 Å². The number of carbonyl (C=O) groups excluding carboxylic acids is 1. The minimum atomic E-state index is -0.266. The number of nitrogens with one attached hydrogen (secondary N) is 2. The molecule has 3 aliphatic rings. The highest BCUT2D eigenvalue weighted by Crippen LogP contribution is 2.27. The third-order valence-electron chi connectivity index (χ3n) is 8.14. The lowest BCUT2D eigenvalue weighted by atomic mass is 9.98. The van der Waals surface area contributed by atoms with Crippen molar-refractivity contribution in [2.75, 3.05) is 50.0 Å². The van der Waals surface area contributed by atoms with Gasteiger partial charge in [0.1, 0.15) is 0 Å². The Morgan fingerprint density at radius 1 is 1.00 bits per heavy atom. The third kappa shape index (κ3) is 7.28. The van der Waals surface area contributed by atoms with Crippen molar-refractivity contribution in [2.45, 2.75) is 38.8 Å². The fraction of sp³-hybridized carbons (Fsp3) is 0.394. The van der Waals surface area contributed by atoms with E-state index in [1.165, 1.54) is 12.8 Å². The van der Waals surface area contributed by atoms with Gasteiger partial charge in [-0.2, -0.15) is 0 Å². The molecule has 3 fully saturated rings. The van der Waals surface area contributed by atoms with Crippen molar-refractivity contribution in [1.82, 2.24) is 10.2 Å². The van der Waals surface area contributed by atoms with Crippen LogP contribution in [0.2, 0.25) is 5.02 Å². The number of hydrogen-bond acceptors (Lipinski definition) is 6. The number of hydrogen-bond donors (Lipinski definition) is 3. The van der Waals surface area contributed by atoms with Gasteiger partial charge in [0.15, 0.2) is 0 Å². The molecule has 1 aliphatic carbocycles. The molecule has 0 bridgehead atoms. The van der Waals surface area contributed by atoms with Gasteiger partial charge in [0.2, 0.25) is 0 Å². The average Bonchev–Trinajstić information content (AvgIpc) is 3.75. The number of halogens is 1. The summed E-state index contributed by atoms with van der Waals surface area (Å²) in [5.74, 6) is 0.837. The van der Waals surface area contributed by atoms with E-state index in [4.69, 9.17) is 27.5 Å². The molecule has 0 unspecified atom stereocenters. The summed E-state index contributed by atoms with van der Waals surface area (Å²) in [5, 5.41) is 12.4. The summed E-state index contributed by atoms with van der Waals surface area (Å²) in [7, 11) is 0. The van der Waals surface area contributed by atoms with Crippen LogP contribution in [0, 0.1) is 11.3 Å². The molecule has 3 aromatic rings. The molecule has 0 aromatic heterocycles. The first kappa shape index (κ1) is 29.1. The summed E-state index contributed by atoms with van der Waals surface area (Å²) in [6.07, 6.45) is 2.97. The maximum Gasteiger partial charge on any atom is 0.251 e. The standard InChI is InChI=1S/C29H32ClN5O2.C4H8/c1-19(24-4-2-3-5-26(24)30)33-29(36)21-8-11-27(31)25(16-21)28(32)20-6-9-22(10-7-20)34-12-14-35(15-13-34)23-17-37-18-23;1-4-2-3-4/h2-11,16,19,23,32H,12-15,17-18,31H2,1H3,(H,33,36);4H,2-3H2,1H3/t19-;/m0./s1. The van der Waals surface area contributed by atoms with E-state index in [2.05, 4.69) is 34.2 Å². The molecule has 41 heavy (non-hydrogen) atoms. The van der Waals surface area contributed by atoms with E-state index in [1.807, 2.05) is 37.3 Å². The molecule has 1 atom stereocenters. The van der Waals surface area contributed by atoms with Crippen LogP contribution in [0.5, 0.6) is 0 Å². The lowest BCUT2D eigenvalue weighted by Gasteiger charge is -2.43. The third-order valence-corrected chi connectivity index (χ3v) is 8.49. The molecule has 6 rings (SSSR count). The topological polar surface area (TPSA) is 94.7 Å². The van der Waals surface area contributed by atoms with Crippen LogP contribution in [-0.4, -0.2) is 62.0 Å². The summed E-state index contributed by atoms with van der Waals surface area (Å²) in [4.78, 5) is 17.9. The van der Waals surface area contributed by atoms with Crippen LogP contribution in [0.25, 0.3) is 0 Å². The van der Waals surface area contributed by atoms with Gasteiger partial charge in [-0.15, -0.1) is 0 Å². The molecule has 2 heterocycles. The zero-order chi connectivity index (χ0) is 28.9. The molecule has 4 N–H and O–H groups in total. The lowest BCUT2D eigenvalue weighted by molar-refractivity contribution is -0.0660. The average molecular weight is 574 g/mol. The second-order valence-corrected chi connectivity index (χ2v) is 11.7. The minimum absolute atomic E-state index is 0.246. The van der Waals surface area contributed by atoms with Gasteiger partial charge >= 0.3 is 0 Å². The molecule has 2 aliphatic heterocycles. The molecule has 0 radical (unpaired) electrons. The van der Waals surface area contributed by atoms with Crippen molar-refractivity contribution in [2.24, 2.45) is 5.92 Å². The zero-order valence-electron chi connectivity index (χ0n) is 23.9. The number of rotatable bonds is 7. The van der Waals surface area contributed by atoms with E-state index in [-0.39, 0.29) is 17.7 Å². The maximum atomic E-state index is 13.0. The second-order valence-electron chi connectivity index (χ2n) is 11.3. The van der Waals surface area contributed by atoms with Crippen LogP contribution in [0.3, 0.4) is 0 Å². The molecule has 0 spiro atoms. The van der Waals surface area contributed by atoms with Crippen molar-refractivity contribution >= 4 is 34.6 Å². The van der Waals surface area contributed by atoms with Crippen molar-refractivity contribution in [3.8, 4) is 0 Å². The minimum Gasteiger partial charge on any atom is -0.398 e. The Morgan fingerprint density at radius 2 is 1.63 bits per heavy atom. The van der Waals surface area contributed by atoms with Gasteiger partial charge in [-0.3, -0.25) is 15.1 Å². The van der Waals surface area contributed by atoms with Crippen molar-refractivity contribution in [3.05, 3.63) is 94.0 Å². The monoisotopic (exact) mass is 573 g/mol. The number of ether oxygens (including phenoxy) is 1. The van der Waals surface area contributed by atoms with Gasteiger partial charge in [-0.25, -0.2) is 0 Å². The van der Waals surface area contributed by atoms with Gasteiger partial charge in [0, 0.05) is 59.3 Å². The molecule has 8 heteroatoms. The van der Waals surface area contributed by atoms with Crippen molar-refractivity contribution in [3.63, 3.8) is 0 Å². The van der Waals surface area contributed by atoms with Crippen molar-refractivity contribution < 1.29 is 9.53 Å². The molecule has 2 saturated heterocycles. The number of benzene rings is 3. The Balaban J connectivity index is 0.000000777. The first-order chi connectivity index (χ1) is 19.8. The normalized spacial score (nSPS) is 18.1. The first-order valence-corrected chi connectivity index (χ1v) is 14.9. The molecule has 216 valence electrons. The van der Waals surface area contributed by atoms with Crippen molar-refractivity contribution in [1.29, 1.82) is 5.41 Å². The molecule has 3 aromatic carbocycles. The highest BCUT2D eigenvalue weighted by molar-refractivity contribution is 6.31. The fourth-order valence-electron chi connectivity index (χ4n) is 5.04. The molecule has 1 saturated carbocycles. The quantitative estimate of drug-likeness (QED) is 0.246. The smallest absolute Gasteiger partial charge is 0.251 e. The number of carbonyl (C=O) groups is 1. The Bertz CT molecular complexity index is 1360. The molecule has 7 nitrogen and oxygen atoms in total. The molecular formula is C33H40ClN5O2. The maximum absolute atomic E-state index is 13.0. The van der Waals surface area contributed by atoms with E-state index < -0.39 is 0 Å². The number of nitrogen functional groups attached to an aromatic ring is 1. The van der Waals surface area contributed by atoms with E-state index in [0.717, 1.165) is 62.1 Å². The molecular weight excluding hydrogens is 534 g/mol. The van der Waals surface area contributed by atoms with Gasteiger partial charge in [-0.1, -0.05) is 61.7 Å². The summed E-state index contributed by atoms with van der Waals surface area (Å²) in [5.41, 5.74) is 10.7. The number of nitrogens with two attached hydrogens (primary N) is 1. The van der Waals surface area contributed by atoms with Gasteiger partial charge in [-0.05, 0) is 54.8 Å². The Kier molecular flexibility index (Phi) is 9.28. The number of nitrogens with zero attached hydrogens (tertiary/aromatic N) is 2. The van der Waals surface area contributed by atoms with Crippen LogP contribution in [0.1, 0.15) is 59.8 Å². The number of piperazine rings is 1. The SMILES string of the molecule is CC1CC1.C[C@H](NC(=O)c1ccc(N)c(C(=N)c2ccc(N3CCN(C4COC4)CC3)cc2)c1)c1ccccc1Cl. The summed E-state index contributed by atoms with van der Waals surface area (Å²) >= 11 is 6.29. The Morgan fingerprint density at radius 3 is 2.22 bits per heavy atom. The van der Waals surface area contributed by atoms with Crippen LogP contribution >= 0.6 is 11.6 Å². The Hall–Kier alpha value is -3.39. The predicted octanol–water partition coefficient (Wildman–Crippen LogP) is 5.77. The van der Waals surface area contributed by atoms with Crippen LogP contribution in [-0.2, 0) is 4.74 Å². The zero-order valence-corrected chi connectivity index (χ0v) is 24.7. The number of amides is 1. The van der Waals surface area contributed by atoms with Gasteiger partial charge in [0.25, 0.3) is 5.91 Å². The van der Waals surface area contributed by atoms with E-state index >= 15 is 0 Å². The summed E-state index contributed by atoms with van der Waals surface area (Å²) in [6, 6.07) is 20.8.